The predicted octanol–water partition coefficient (Wildman–Crippen LogP) is 4.39. The van der Waals surface area contributed by atoms with E-state index in [1.54, 1.807) is 18.5 Å². The Balaban J connectivity index is 1.19. The van der Waals surface area contributed by atoms with Crippen LogP contribution in [0.5, 0.6) is 0 Å². The van der Waals surface area contributed by atoms with Crippen LogP contribution in [0.1, 0.15) is 34.2 Å². The number of carbonyl (C=O) groups excluding carboxylic acids is 1. The number of carbonyl (C=O) groups is 1. The minimum atomic E-state index is -0.0953. The first kappa shape index (κ1) is 20.1. The van der Waals surface area contributed by atoms with Crippen molar-refractivity contribution in [2.24, 2.45) is 0 Å². The Bertz CT molecular complexity index is 1190. The number of anilines is 1. The van der Waals surface area contributed by atoms with Gasteiger partial charge in [-0.15, -0.1) is 0 Å². The molecular weight excluding hydrogens is 400 g/mol. The number of furan rings is 1. The van der Waals surface area contributed by atoms with E-state index in [1.807, 2.05) is 29.1 Å². The Kier molecular flexibility index (Phi) is 5.50. The molecule has 0 bridgehead atoms. The molecule has 1 aliphatic heterocycles. The molecule has 2 aromatic carbocycles. The third-order valence-electron chi connectivity index (χ3n) is 6.06. The highest BCUT2D eigenvalue weighted by Crippen LogP contribution is 2.33. The Hall–Kier alpha value is -3.80. The first-order valence-corrected chi connectivity index (χ1v) is 11.0. The summed E-state index contributed by atoms with van der Waals surface area (Å²) in [6.07, 6.45) is 7.05. The van der Waals surface area contributed by atoms with Crippen molar-refractivity contribution in [3.05, 3.63) is 102 Å². The predicted molar refractivity (Wildman–Crippen MR) is 124 cm³/mol. The van der Waals surface area contributed by atoms with Crippen LogP contribution in [-0.4, -0.2) is 28.3 Å². The topological polar surface area (TPSA) is 63.3 Å². The van der Waals surface area contributed by atoms with Gasteiger partial charge in [-0.1, -0.05) is 30.3 Å². The maximum absolute atomic E-state index is 12.8. The van der Waals surface area contributed by atoms with Gasteiger partial charge in [0, 0.05) is 30.7 Å². The number of benzene rings is 2. The van der Waals surface area contributed by atoms with Crippen molar-refractivity contribution >= 4 is 11.6 Å². The Morgan fingerprint density at radius 2 is 1.97 bits per heavy atom. The molecule has 1 unspecified atom stereocenters. The molecule has 162 valence electrons. The number of fused-ring (bicyclic) bond motifs is 1. The van der Waals surface area contributed by atoms with Gasteiger partial charge in [0.15, 0.2) is 0 Å². The average Bonchev–Trinajstić information content (AvgIpc) is 3.56. The number of nitrogens with one attached hydrogen (secondary N) is 1. The number of para-hydroxylation sites is 1. The van der Waals surface area contributed by atoms with Crippen LogP contribution in [0.15, 0.2) is 83.7 Å². The van der Waals surface area contributed by atoms with E-state index in [0.717, 1.165) is 24.1 Å². The van der Waals surface area contributed by atoms with Crippen molar-refractivity contribution < 1.29 is 9.21 Å². The molecule has 2 aromatic heterocycles. The molecule has 1 atom stereocenters. The van der Waals surface area contributed by atoms with Crippen molar-refractivity contribution in [1.82, 2.24) is 15.1 Å². The van der Waals surface area contributed by atoms with Gasteiger partial charge in [0.1, 0.15) is 5.76 Å². The highest BCUT2D eigenvalue weighted by atomic mass is 16.3. The van der Waals surface area contributed by atoms with E-state index in [2.05, 4.69) is 58.6 Å². The molecule has 0 aliphatic carbocycles. The molecule has 0 saturated heterocycles. The highest BCUT2D eigenvalue weighted by Gasteiger charge is 2.27. The number of nitrogens with zero attached hydrogens (tertiary/aromatic N) is 3. The molecule has 1 aliphatic rings. The molecule has 4 aromatic rings. The highest BCUT2D eigenvalue weighted by molar-refractivity contribution is 5.95. The number of hydrogen-bond donors (Lipinski definition) is 1. The summed E-state index contributed by atoms with van der Waals surface area (Å²) < 4.78 is 7.54. The molecule has 6 heteroatoms. The zero-order chi connectivity index (χ0) is 21.9. The van der Waals surface area contributed by atoms with Crippen LogP contribution < -0.4 is 10.2 Å². The molecule has 6 nitrogen and oxygen atoms in total. The molecule has 1 N–H and O–H groups in total. The van der Waals surface area contributed by atoms with E-state index in [4.69, 9.17) is 4.42 Å². The lowest BCUT2D eigenvalue weighted by molar-refractivity contribution is 0.0952. The van der Waals surface area contributed by atoms with E-state index in [9.17, 15) is 4.79 Å². The van der Waals surface area contributed by atoms with Gasteiger partial charge in [-0.2, -0.15) is 5.10 Å². The zero-order valence-electron chi connectivity index (χ0n) is 18.1. The van der Waals surface area contributed by atoms with Crippen LogP contribution in [0.2, 0.25) is 0 Å². The van der Waals surface area contributed by atoms with E-state index >= 15 is 0 Å². The van der Waals surface area contributed by atoms with Crippen LogP contribution in [0.4, 0.5) is 5.69 Å². The second kappa shape index (κ2) is 8.75. The average molecular weight is 427 g/mol. The lowest BCUT2D eigenvalue weighted by Crippen LogP contribution is -2.31. The first-order valence-electron chi connectivity index (χ1n) is 11.0. The second-order valence-corrected chi connectivity index (χ2v) is 8.19. The van der Waals surface area contributed by atoms with Crippen LogP contribution in [0, 0.1) is 0 Å². The molecule has 3 heterocycles. The maximum Gasteiger partial charge on any atom is 0.254 e. The summed E-state index contributed by atoms with van der Waals surface area (Å²) in [7, 11) is 0. The Labute approximate surface area is 187 Å². The molecule has 0 radical (unpaired) electrons. The van der Waals surface area contributed by atoms with Gasteiger partial charge >= 0.3 is 0 Å². The second-order valence-electron chi connectivity index (χ2n) is 8.19. The fourth-order valence-electron chi connectivity index (χ4n) is 4.34. The molecular formula is C26H26N4O2. The van der Waals surface area contributed by atoms with Crippen molar-refractivity contribution in [3.63, 3.8) is 0 Å². The van der Waals surface area contributed by atoms with Crippen molar-refractivity contribution in [3.8, 4) is 5.69 Å². The molecule has 5 rings (SSSR count). The summed E-state index contributed by atoms with van der Waals surface area (Å²) >= 11 is 0. The minimum Gasteiger partial charge on any atom is -0.467 e. The van der Waals surface area contributed by atoms with Crippen molar-refractivity contribution in [1.29, 1.82) is 0 Å². The maximum atomic E-state index is 12.8. The normalized spacial score (nSPS) is 15.0. The van der Waals surface area contributed by atoms with Crippen LogP contribution in [0.25, 0.3) is 5.69 Å². The molecule has 0 saturated carbocycles. The number of hydrogen-bond acceptors (Lipinski definition) is 4. The van der Waals surface area contributed by atoms with Gasteiger partial charge < -0.3 is 14.6 Å². The van der Waals surface area contributed by atoms with E-state index in [1.165, 1.54) is 11.3 Å². The van der Waals surface area contributed by atoms with Crippen molar-refractivity contribution in [2.75, 3.05) is 11.4 Å². The SMILES string of the molecule is CC1Cc2ccccc2N1Cc1occc1C(=O)NCCc1ccc(-n2cccn2)cc1. The smallest absolute Gasteiger partial charge is 0.254 e. The summed E-state index contributed by atoms with van der Waals surface area (Å²) in [5.74, 6) is 0.608. The van der Waals surface area contributed by atoms with Gasteiger partial charge in [0.05, 0.1) is 24.1 Å². The first-order chi connectivity index (χ1) is 15.7. The van der Waals surface area contributed by atoms with E-state index in [0.29, 0.717) is 30.5 Å². The largest absolute Gasteiger partial charge is 0.467 e. The summed E-state index contributed by atoms with van der Waals surface area (Å²) in [5.41, 5.74) is 5.35. The standard InChI is InChI=1S/C26H26N4O2/c1-19-17-21-5-2-3-6-24(21)29(19)18-25-23(12-16-32-25)26(31)27-14-11-20-7-9-22(10-8-20)30-15-4-13-28-30/h2-10,12-13,15-16,19H,11,14,17-18H2,1H3,(H,27,31). The lowest BCUT2D eigenvalue weighted by Gasteiger charge is -2.24. The van der Waals surface area contributed by atoms with Crippen LogP contribution in [-0.2, 0) is 19.4 Å². The Morgan fingerprint density at radius 3 is 2.78 bits per heavy atom. The lowest BCUT2D eigenvalue weighted by atomic mass is 10.1. The summed E-state index contributed by atoms with van der Waals surface area (Å²) in [6, 6.07) is 20.7. The number of rotatable bonds is 7. The van der Waals surface area contributed by atoms with Crippen molar-refractivity contribution in [2.45, 2.75) is 32.4 Å². The summed E-state index contributed by atoms with van der Waals surface area (Å²) in [6.45, 7) is 3.36. The minimum absolute atomic E-state index is 0.0953. The van der Waals surface area contributed by atoms with Crippen LogP contribution in [0.3, 0.4) is 0 Å². The molecule has 0 fully saturated rings. The third-order valence-corrected chi connectivity index (χ3v) is 6.06. The van der Waals surface area contributed by atoms with E-state index < -0.39 is 0 Å². The molecule has 32 heavy (non-hydrogen) atoms. The monoisotopic (exact) mass is 426 g/mol. The van der Waals surface area contributed by atoms with Crippen LogP contribution >= 0.6 is 0 Å². The Morgan fingerprint density at radius 1 is 1.12 bits per heavy atom. The fourth-order valence-corrected chi connectivity index (χ4v) is 4.34. The van der Waals surface area contributed by atoms with Gasteiger partial charge in [0.25, 0.3) is 5.91 Å². The van der Waals surface area contributed by atoms with Gasteiger partial charge in [-0.05, 0) is 61.2 Å². The summed E-state index contributed by atoms with van der Waals surface area (Å²) in [4.78, 5) is 15.1. The van der Waals surface area contributed by atoms with Gasteiger partial charge in [0.2, 0.25) is 0 Å². The number of amides is 1. The summed E-state index contributed by atoms with van der Waals surface area (Å²) in [5, 5.41) is 7.28. The zero-order valence-corrected chi connectivity index (χ0v) is 18.1. The van der Waals surface area contributed by atoms with E-state index in [-0.39, 0.29) is 5.91 Å². The van der Waals surface area contributed by atoms with Gasteiger partial charge in [-0.3, -0.25) is 4.79 Å². The molecule has 1 amide bonds. The van der Waals surface area contributed by atoms with Gasteiger partial charge in [-0.25, -0.2) is 4.68 Å². The fraction of sp³-hybridized carbons (Fsp3) is 0.231. The quantitative estimate of drug-likeness (QED) is 0.476. The third kappa shape index (κ3) is 4.04. The molecule has 0 spiro atoms. The number of aromatic nitrogens is 2.